The number of halogens is 3. The summed E-state index contributed by atoms with van der Waals surface area (Å²) in [7, 11) is -10.8. The van der Waals surface area contributed by atoms with Gasteiger partial charge in [0.05, 0.1) is 73.9 Å². The lowest BCUT2D eigenvalue weighted by Crippen LogP contribution is -2.37. The lowest BCUT2D eigenvalue weighted by molar-refractivity contribution is -0.0531. The summed E-state index contributed by atoms with van der Waals surface area (Å²) in [4.78, 5) is 39.7. The highest BCUT2D eigenvalue weighted by atomic mass is 32.2. The van der Waals surface area contributed by atoms with Crippen molar-refractivity contribution in [3.8, 4) is 0 Å². The molecule has 1 saturated heterocycles. The van der Waals surface area contributed by atoms with Gasteiger partial charge in [-0.25, -0.2) is 9.97 Å². The summed E-state index contributed by atoms with van der Waals surface area (Å²) in [6.45, 7) is 5.56. The van der Waals surface area contributed by atoms with Crippen molar-refractivity contribution in [2.24, 2.45) is 11.8 Å². The van der Waals surface area contributed by atoms with Crippen molar-refractivity contribution < 1.29 is 65.2 Å². The normalized spacial score (nSPS) is 26.4. The van der Waals surface area contributed by atoms with Crippen molar-refractivity contribution in [1.82, 2.24) is 30.2 Å². The highest BCUT2D eigenvalue weighted by molar-refractivity contribution is 7.87. The van der Waals surface area contributed by atoms with Crippen LogP contribution < -0.4 is 16.4 Å². The molecule has 0 amide bonds. The first kappa shape index (κ1) is 46.6. The largest absolute Gasteiger partial charge is 0.523 e. The zero-order valence-electron chi connectivity index (χ0n) is 31.2. The maximum atomic E-state index is 11.8. The minimum Gasteiger partial charge on any atom is -0.395 e. The molecule has 2 fully saturated rings. The van der Waals surface area contributed by atoms with Gasteiger partial charge in [-0.3, -0.25) is 13.8 Å². The van der Waals surface area contributed by atoms with Crippen LogP contribution >= 0.6 is 14.3 Å². The zero-order chi connectivity index (χ0) is 42.7. The first-order valence-electron chi connectivity index (χ1n) is 17.4. The Morgan fingerprint density at radius 2 is 1.49 bits per heavy atom. The number of aliphatic hydroxyl groups is 5. The average Bonchev–Trinajstić information content (AvgIpc) is 3.86. The first-order chi connectivity index (χ1) is 26.3. The Hall–Kier alpha value is -3.08. The Morgan fingerprint density at radius 3 is 2.09 bits per heavy atom. The Labute approximate surface area is 324 Å². The van der Waals surface area contributed by atoms with Crippen LogP contribution in [0.15, 0.2) is 34.5 Å². The predicted octanol–water partition coefficient (Wildman–Crippen LogP) is -0.0549. The number of aromatic amines is 3. The molecule has 0 unspecified atom stereocenters. The number of allylic oxidation sites excluding steroid dienone is 1. The molecular formula is C32H47F3N6O13P2S. The third-order valence-electron chi connectivity index (χ3n) is 9.27. The van der Waals surface area contributed by atoms with Gasteiger partial charge in [0.2, 0.25) is 0 Å². The van der Waals surface area contributed by atoms with E-state index in [1.165, 1.54) is 12.7 Å². The number of nitrogens with zero attached hydrogens (tertiary/aromatic N) is 2. The van der Waals surface area contributed by atoms with Crippen molar-refractivity contribution in [3.05, 3.63) is 62.5 Å². The second-order valence-electron chi connectivity index (χ2n) is 14.8. The number of hydrogen-bond donors (Lipinski definition) is 9. The van der Waals surface area contributed by atoms with Crippen LogP contribution in [0.25, 0.3) is 16.6 Å². The van der Waals surface area contributed by atoms with Crippen molar-refractivity contribution >= 4 is 41.0 Å². The second-order valence-corrected chi connectivity index (χ2v) is 23.2. The molecular weight excluding hydrogens is 827 g/mol. The molecule has 19 nitrogen and oxygen atoms in total. The molecule has 6 rings (SSSR count). The minimum atomic E-state index is -5.60. The Balaban J connectivity index is 0.000000199. The fourth-order valence-electron chi connectivity index (χ4n) is 6.47. The molecule has 25 heteroatoms. The number of aromatic nitrogens is 5. The van der Waals surface area contributed by atoms with Gasteiger partial charge in [-0.2, -0.15) is 21.6 Å². The van der Waals surface area contributed by atoms with E-state index in [1.54, 1.807) is 19.5 Å². The van der Waals surface area contributed by atoms with Gasteiger partial charge >= 0.3 is 15.6 Å². The Morgan fingerprint density at radius 1 is 0.877 bits per heavy atom. The molecule has 1 saturated carbocycles. The van der Waals surface area contributed by atoms with Crippen LogP contribution in [0, 0.1) is 11.8 Å². The molecule has 8 atom stereocenters. The molecule has 0 bridgehead atoms. The molecule has 0 spiro atoms. The molecule has 1 aliphatic heterocycles. The van der Waals surface area contributed by atoms with E-state index >= 15 is 0 Å². The highest BCUT2D eigenvalue weighted by Gasteiger charge is 2.48. The molecule has 320 valence electrons. The number of fused-ring (bicyclic) bond motifs is 2. The smallest absolute Gasteiger partial charge is 0.395 e. The summed E-state index contributed by atoms with van der Waals surface area (Å²) >= 11 is 0. The van der Waals surface area contributed by atoms with Crippen LogP contribution in [0.2, 0.25) is 0 Å². The van der Waals surface area contributed by atoms with Gasteiger partial charge in [-0.15, -0.1) is 0 Å². The number of alkyl halides is 3. The quantitative estimate of drug-likeness (QED) is 0.0693. The number of hydrogen-bond acceptors (Lipinski definition) is 16. The number of aliphatic hydroxyl groups excluding tert-OH is 5. The standard InChI is InChI=1S/C16H23N2O5P.C12H16N4O4.C4H8F3O4PS/c1-24(2,22)8-23-6-9-5-12(15(20)14(9)19)10-3-4-11-13(10)17-7-18-16(11)21;17-3-7-11(19)10(18)6(16-7)1-5-2-13-9-8(5)14-4-15-12(9)20;1-12(2,8)3-11-13(9,10)4(5,6)7/h3,7,9,12,14-15,19-20H,4-6,8H2,1-2H3,(H,17,18,21);2,4,6-7,10-11,13,16-19H,1,3H2,(H,14,15,20);3H2,1-2H3/t9-,12+,14-,15+;6-,7+,10-,11+;/m10./s1. The second kappa shape index (κ2) is 18.5. The summed E-state index contributed by atoms with van der Waals surface area (Å²) in [5.41, 5.74) is -2.14. The fourth-order valence-corrected chi connectivity index (χ4v) is 8.72. The topological polar surface area (TPSA) is 307 Å². The van der Waals surface area contributed by atoms with Gasteiger partial charge in [0.25, 0.3) is 11.1 Å². The molecule has 2 aliphatic carbocycles. The summed E-state index contributed by atoms with van der Waals surface area (Å²) in [6.07, 6.45) is 3.10. The van der Waals surface area contributed by atoms with Gasteiger partial charge < -0.3 is 59.7 Å². The van der Waals surface area contributed by atoms with Crippen LogP contribution in [0.3, 0.4) is 0 Å². The molecule has 0 aromatic carbocycles. The van der Waals surface area contributed by atoms with Gasteiger partial charge in [-0.05, 0) is 57.1 Å². The summed E-state index contributed by atoms with van der Waals surface area (Å²) in [6, 6.07) is -0.946. The number of ether oxygens (including phenoxy) is 1. The molecule has 3 aromatic rings. The van der Waals surface area contributed by atoms with Gasteiger partial charge in [0, 0.05) is 29.6 Å². The van der Waals surface area contributed by atoms with Crippen LogP contribution in [0.1, 0.15) is 23.2 Å². The van der Waals surface area contributed by atoms with E-state index in [0.29, 0.717) is 41.6 Å². The van der Waals surface area contributed by atoms with Crippen LogP contribution in [-0.2, 0) is 41.0 Å². The summed E-state index contributed by atoms with van der Waals surface area (Å²) in [5.74, 6) is -0.511. The number of nitrogens with one attached hydrogen (secondary N) is 4. The van der Waals surface area contributed by atoms with Gasteiger partial charge in [0.15, 0.2) is 0 Å². The molecule has 0 radical (unpaired) electrons. The van der Waals surface area contributed by atoms with E-state index in [1.807, 2.05) is 6.08 Å². The molecule has 9 N–H and O–H groups in total. The zero-order valence-corrected chi connectivity index (χ0v) is 33.8. The first-order valence-corrected chi connectivity index (χ1v) is 24.3. The fraction of sp³-hybridized carbons (Fsp3) is 0.625. The number of rotatable bonds is 11. The number of H-pyrrole nitrogens is 3. The van der Waals surface area contributed by atoms with E-state index < -0.39 is 72.8 Å². The van der Waals surface area contributed by atoms with Crippen molar-refractivity contribution in [2.75, 3.05) is 52.6 Å². The Kier molecular flexibility index (Phi) is 15.1. The maximum Gasteiger partial charge on any atom is 0.523 e. The minimum absolute atomic E-state index is 0.166. The van der Waals surface area contributed by atoms with Crippen molar-refractivity contribution in [3.63, 3.8) is 0 Å². The third-order valence-corrected chi connectivity index (χ3v) is 12.0. The predicted molar refractivity (Wildman–Crippen MR) is 201 cm³/mol. The third kappa shape index (κ3) is 11.8. The summed E-state index contributed by atoms with van der Waals surface area (Å²) < 4.78 is 86.8. The summed E-state index contributed by atoms with van der Waals surface area (Å²) in [5, 5.41) is 52.5. The van der Waals surface area contributed by atoms with E-state index in [-0.39, 0.29) is 42.5 Å². The Bertz CT molecular complexity index is 2220. The van der Waals surface area contributed by atoms with Crippen LogP contribution in [0.4, 0.5) is 13.2 Å². The van der Waals surface area contributed by atoms with E-state index in [0.717, 1.165) is 24.5 Å². The van der Waals surface area contributed by atoms with Gasteiger partial charge in [0.1, 0.15) is 26.1 Å². The molecule has 3 aromatic heterocycles. The maximum absolute atomic E-state index is 11.8. The van der Waals surface area contributed by atoms with Crippen LogP contribution in [-0.4, -0.2) is 153 Å². The lowest BCUT2D eigenvalue weighted by atomic mass is 9.93. The van der Waals surface area contributed by atoms with Crippen molar-refractivity contribution in [1.29, 1.82) is 0 Å². The lowest BCUT2D eigenvalue weighted by Gasteiger charge is -2.18. The molecule has 4 heterocycles. The highest BCUT2D eigenvalue weighted by Crippen LogP contribution is 2.43. The molecule has 3 aliphatic rings. The van der Waals surface area contributed by atoms with Gasteiger partial charge in [-0.1, -0.05) is 6.08 Å². The molecule has 57 heavy (non-hydrogen) atoms. The van der Waals surface area contributed by atoms with E-state index in [9.17, 15) is 60.7 Å². The SMILES string of the molecule is CP(C)(=O)COC[C@H]1C[C@@H](C2=CCc3c2nc[nH]c3=O)[C@H](O)[C@@H]1O.CP(C)(=O)COS(=O)(=O)C(F)(F)F.O=c1[nH]cnc2c(C[C@@H]3N[C@H](CO)[C@@H](O)[C@H]3O)c[nH]c12. The van der Waals surface area contributed by atoms with E-state index in [4.69, 9.17) is 9.84 Å². The van der Waals surface area contributed by atoms with Crippen LogP contribution in [0.5, 0.6) is 0 Å². The van der Waals surface area contributed by atoms with E-state index in [2.05, 4.69) is 34.4 Å². The van der Waals surface area contributed by atoms with Crippen molar-refractivity contribution in [2.45, 2.75) is 61.3 Å². The average molecular weight is 875 g/mol. The monoisotopic (exact) mass is 874 g/mol.